The molecule has 1 aromatic rings. The molecule has 0 amide bonds. The van der Waals surface area contributed by atoms with Crippen LogP contribution < -0.4 is 4.74 Å². The van der Waals surface area contributed by atoms with E-state index < -0.39 is 0 Å². The summed E-state index contributed by atoms with van der Waals surface area (Å²) in [6.07, 6.45) is 3.80. The van der Waals surface area contributed by atoms with E-state index in [0.717, 1.165) is 11.8 Å². The smallest absolute Gasteiger partial charge is 0.119 e. The van der Waals surface area contributed by atoms with E-state index in [4.69, 9.17) is 4.74 Å². The Bertz CT molecular complexity index is 446. The summed E-state index contributed by atoms with van der Waals surface area (Å²) in [5.41, 5.74) is 3.06. The molecule has 0 bridgehead atoms. The molecule has 0 unspecified atom stereocenters. The molecule has 2 atom stereocenters. The van der Waals surface area contributed by atoms with E-state index in [1.54, 1.807) is 7.11 Å². The van der Waals surface area contributed by atoms with E-state index in [9.17, 15) is 0 Å². The maximum atomic E-state index is 5.41. The van der Waals surface area contributed by atoms with Gasteiger partial charge >= 0.3 is 0 Å². The van der Waals surface area contributed by atoms with Crippen LogP contribution in [0.2, 0.25) is 0 Å². The second-order valence-corrected chi connectivity index (χ2v) is 6.75. The molecule has 3 rings (SSSR count). The Balaban J connectivity index is 1.90. The van der Waals surface area contributed by atoms with Crippen LogP contribution in [-0.4, -0.2) is 36.9 Å². The first-order valence-electron chi connectivity index (χ1n) is 7.36. The average Bonchev–Trinajstić information content (AvgIpc) is 2.47. The highest BCUT2D eigenvalue weighted by molar-refractivity contribution is 7.99. The van der Waals surface area contributed by atoms with Crippen LogP contribution in [0.3, 0.4) is 0 Å². The van der Waals surface area contributed by atoms with Crippen molar-refractivity contribution >= 4 is 11.8 Å². The van der Waals surface area contributed by atoms with Crippen molar-refractivity contribution in [2.75, 3.05) is 26.0 Å². The van der Waals surface area contributed by atoms with Gasteiger partial charge in [0.2, 0.25) is 0 Å². The minimum atomic E-state index is 0.652. The van der Waals surface area contributed by atoms with Crippen molar-refractivity contribution in [3.05, 3.63) is 29.3 Å². The number of thioether (sulfide) groups is 1. The Kier molecular flexibility index (Phi) is 4.04. The number of fused-ring (bicyclic) bond motifs is 3. The fraction of sp³-hybridized carbons (Fsp3) is 0.625. The van der Waals surface area contributed by atoms with Gasteiger partial charge in [0.25, 0.3) is 0 Å². The van der Waals surface area contributed by atoms with Gasteiger partial charge in [-0.2, -0.15) is 11.8 Å². The zero-order chi connectivity index (χ0) is 13.2. The molecule has 1 fully saturated rings. The molecule has 2 nitrogen and oxygen atoms in total. The normalized spacial score (nSPS) is 26.6. The van der Waals surface area contributed by atoms with Crippen molar-refractivity contribution in [2.45, 2.75) is 37.5 Å². The monoisotopic (exact) mass is 277 g/mol. The first-order chi connectivity index (χ1) is 9.33. The molecule has 19 heavy (non-hydrogen) atoms. The van der Waals surface area contributed by atoms with Crippen molar-refractivity contribution in [1.82, 2.24) is 4.90 Å². The van der Waals surface area contributed by atoms with Gasteiger partial charge in [0.15, 0.2) is 0 Å². The maximum Gasteiger partial charge on any atom is 0.119 e. The van der Waals surface area contributed by atoms with E-state index in [0.29, 0.717) is 5.25 Å². The number of hydrogen-bond donors (Lipinski definition) is 0. The van der Waals surface area contributed by atoms with Crippen molar-refractivity contribution in [3.8, 4) is 5.75 Å². The van der Waals surface area contributed by atoms with Crippen LogP contribution in [0.4, 0.5) is 0 Å². The van der Waals surface area contributed by atoms with Crippen LogP contribution in [0.5, 0.6) is 5.75 Å². The molecule has 3 heteroatoms. The Labute approximate surface area is 120 Å². The summed E-state index contributed by atoms with van der Waals surface area (Å²) in [7, 11) is 1.76. The number of nitrogens with zero attached hydrogens (tertiary/aromatic N) is 1. The van der Waals surface area contributed by atoms with Crippen LogP contribution in [0.1, 0.15) is 36.1 Å². The van der Waals surface area contributed by atoms with Crippen molar-refractivity contribution in [3.63, 3.8) is 0 Å². The molecule has 2 aliphatic rings. The fourth-order valence-corrected chi connectivity index (χ4v) is 4.98. The van der Waals surface area contributed by atoms with Gasteiger partial charge in [-0.25, -0.2) is 0 Å². The average molecular weight is 277 g/mol. The van der Waals surface area contributed by atoms with E-state index in [1.807, 2.05) is 0 Å². The minimum absolute atomic E-state index is 0.652. The number of methoxy groups -OCH3 is 1. The van der Waals surface area contributed by atoms with Gasteiger partial charge < -0.3 is 4.74 Å². The summed E-state index contributed by atoms with van der Waals surface area (Å²) in [5.74, 6) is 2.27. The highest BCUT2D eigenvalue weighted by Crippen LogP contribution is 2.45. The quantitative estimate of drug-likeness (QED) is 0.839. The van der Waals surface area contributed by atoms with Gasteiger partial charge in [-0.15, -0.1) is 0 Å². The van der Waals surface area contributed by atoms with Crippen LogP contribution in [0.15, 0.2) is 18.2 Å². The number of rotatable bonds is 3. The minimum Gasteiger partial charge on any atom is -0.497 e. The van der Waals surface area contributed by atoms with Crippen molar-refractivity contribution < 1.29 is 4.74 Å². The standard InChI is InChI=1S/C16H23NOS/c1-3-8-17-9-10-19-16-14-11-13(18-2)6-4-12(14)5-7-15(16)17/h4,6,11,15-16H,3,5,7-10H2,1-2H3/t15-,16-/m0/s1. The Hall–Kier alpha value is -0.670. The SMILES string of the molecule is CCCN1CCS[C@H]2c3cc(OC)ccc3CC[C@@H]21. The predicted molar refractivity (Wildman–Crippen MR) is 82.2 cm³/mol. The van der Waals surface area contributed by atoms with Crippen LogP contribution in [0.25, 0.3) is 0 Å². The summed E-state index contributed by atoms with van der Waals surface area (Å²) in [5, 5.41) is 0.652. The highest BCUT2D eigenvalue weighted by atomic mass is 32.2. The molecule has 0 saturated carbocycles. The second kappa shape index (κ2) is 5.76. The lowest BCUT2D eigenvalue weighted by atomic mass is 9.86. The molecule has 1 aliphatic heterocycles. The summed E-state index contributed by atoms with van der Waals surface area (Å²) in [6, 6.07) is 7.38. The number of hydrogen-bond acceptors (Lipinski definition) is 3. The van der Waals surface area contributed by atoms with Gasteiger partial charge in [-0.3, -0.25) is 4.90 Å². The Morgan fingerprint density at radius 2 is 2.32 bits per heavy atom. The number of ether oxygens (including phenoxy) is 1. The van der Waals surface area contributed by atoms with Crippen LogP contribution in [-0.2, 0) is 6.42 Å². The molecule has 1 saturated heterocycles. The van der Waals surface area contributed by atoms with Crippen LogP contribution in [0, 0.1) is 0 Å². The number of benzene rings is 1. The van der Waals surface area contributed by atoms with Gasteiger partial charge in [0, 0.05) is 23.6 Å². The molecule has 1 aromatic carbocycles. The first-order valence-corrected chi connectivity index (χ1v) is 8.41. The zero-order valence-corrected chi connectivity index (χ0v) is 12.7. The Morgan fingerprint density at radius 1 is 1.42 bits per heavy atom. The molecular formula is C16H23NOS. The third-order valence-corrected chi connectivity index (χ3v) is 5.72. The lowest BCUT2D eigenvalue weighted by Crippen LogP contribution is -2.46. The third kappa shape index (κ3) is 2.50. The van der Waals surface area contributed by atoms with Crippen molar-refractivity contribution in [2.24, 2.45) is 0 Å². The molecule has 0 radical (unpaired) electrons. The molecule has 0 N–H and O–H groups in total. The summed E-state index contributed by atoms with van der Waals surface area (Å²) >= 11 is 2.14. The van der Waals surface area contributed by atoms with Crippen molar-refractivity contribution in [1.29, 1.82) is 0 Å². The van der Waals surface area contributed by atoms with Gasteiger partial charge in [-0.05, 0) is 49.1 Å². The molecule has 0 aromatic heterocycles. The third-order valence-electron chi connectivity index (χ3n) is 4.37. The summed E-state index contributed by atoms with van der Waals surface area (Å²) in [6.45, 7) is 4.80. The molecule has 1 heterocycles. The second-order valence-electron chi connectivity index (χ2n) is 5.50. The van der Waals surface area contributed by atoms with Gasteiger partial charge in [0.05, 0.1) is 7.11 Å². The first kappa shape index (κ1) is 13.3. The molecule has 104 valence electrons. The lowest BCUT2D eigenvalue weighted by Gasteiger charge is -2.44. The van der Waals surface area contributed by atoms with Gasteiger partial charge in [-0.1, -0.05) is 13.0 Å². The van der Waals surface area contributed by atoms with Crippen LogP contribution >= 0.6 is 11.8 Å². The van der Waals surface area contributed by atoms with Gasteiger partial charge in [0.1, 0.15) is 5.75 Å². The fourth-order valence-electron chi connectivity index (χ4n) is 3.46. The van der Waals surface area contributed by atoms with E-state index in [2.05, 4.69) is 41.8 Å². The maximum absolute atomic E-state index is 5.41. The molecule has 1 aliphatic carbocycles. The van der Waals surface area contributed by atoms with E-state index >= 15 is 0 Å². The highest BCUT2D eigenvalue weighted by Gasteiger charge is 2.36. The number of aryl methyl sites for hydroxylation is 1. The largest absolute Gasteiger partial charge is 0.497 e. The Morgan fingerprint density at radius 3 is 3.11 bits per heavy atom. The lowest BCUT2D eigenvalue weighted by molar-refractivity contribution is 0.180. The molecule has 0 spiro atoms. The zero-order valence-electron chi connectivity index (χ0n) is 11.9. The van der Waals surface area contributed by atoms with E-state index in [-0.39, 0.29) is 0 Å². The summed E-state index contributed by atoms with van der Waals surface area (Å²) in [4.78, 5) is 2.71. The molecular weight excluding hydrogens is 254 g/mol. The van der Waals surface area contributed by atoms with E-state index in [1.165, 1.54) is 49.2 Å². The summed E-state index contributed by atoms with van der Waals surface area (Å²) < 4.78 is 5.41. The predicted octanol–water partition coefficient (Wildman–Crippen LogP) is 3.51. The topological polar surface area (TPSA) is 12.5 Å².